The molecule has 10 heavy (non-hydrogen) atoms. The fraction of sp³-hybridized carbons (Fsp3) is 1.00. The Morgan fingerprint density at radius 1 is 1.30 bits per heavy atom. The van der Waals surface area contributed by atoms with Crippen molar-refractivity contribution in [1.29, 1.82) is 0 Å². The van der Waals surface area contributed by atoms with Crippen molar-refractivity contribution in [3.8, 4) is 0 Å². The van der Waals surface area contributed by atoms with Gasteiger partial charge in [0.25, 0.3) is 0 Å². The highest BCUT2D eigenvalue weighted by atomic mass is 15.0. The van der Waals surface area contributed by atoms with Crippen LogP contribution in [-0.2, 0) is 0 Å². The van der Waals surface area contributed by atoms with E-state index >= 15 is 0 Å². The van der Waals surface area contributed by atoms with Crippen LogP contribution in [0.25, 0.3) is 0 Å². The SMILES string of the molecule is CCC(CC)NC1CCC1. The van der Waals surface area contributed by atoms with Gasteiger partial charge in [-0.1, -0.05) is 20.3 Å². The van der Waals surface area contributed by atoms with Crippen molar-refractivity contribution in [2.45, 2.75) is 58.0 Å². The largest absolute Gasteiger partial charge is 0.311 e. The minimum atomic E-state index is 0.783. The average Bonchev–Trinajstić information content (AvgIpc) is 1.87. The lowest BCUT2D eigenvalue weighted by molar-refractivity contribution is 0.295. The van der Waals surface area contributed by atoms with Crippen LogP contribution in [0.5, 0.6) is 0 Å². The van der Waals surface area contributed by atoms with Gasteiger partial charge in [-0.15, -0.1) is 0 Å². The molecule has 0 unspecified atom stereocenters. The van der Waals surface area contributed by atoms with E-state index in [0.717, 1.165) is 12.1 Å². The molecule has 0 aromatic carbocycles. The lowest BCUT2D eigenvalue weighted by Gasteiger charge is -2.30. The van der Waals surface area contributed by atoms with E-state index in [4.69, 9.17) is 0 Å². The van der Waals surface area contributed by atoms with Crippen molar-refractivity contribution in [2.24, 2.45) is 0 Å². The average molecular weight is 141 g/mol. The summed E-state index contributed by atoms with van der Waals surface area (Å²) >= 11 is 0. The van der Waals surface area contributed by atoms with E-state index in [2.05, 4.69) is 19.2 Å². The maximum absolute atomic E-state index is 3.65. The van der Waals surface area contributed by atoms with Crippen LogP contribution in [0.2, 0.25) is 0 Å². The molecule has 0 bridgehead atoms. The van der Waals surface area contributed by atoms with E-state index < -0.39 is 0 Å². The summed E-state index contributed by atoms with van der Waals surface area (Å²) < 4.78 is 0. The third-order valence-corrected chi connectivity index (χ3v) is 2.56. The highest BCUT2D eigenvalue weighted by Crippen LogP contribution is 2.19. The lowest BCUT2D eigenvalue weighted by Crippen LogP contribution is -2.41. The van der Waals surface area contributed by atoms with Crippen LogP contribution in [0.3, 0.4) is 0 Å². The van der Waals surface area contributed by atoms with Gasteiger partial charge in [0.2, 0.25) is 0 Å². The van der Waals surface area contributed by atoms with Crippen LogP contribution >= 0.6 is 0 Å². The van der Waals surface area contributed by atoms with Gasteiger partial charge in [-0.25, -0.2) is 0 Å². The summed E-state index contributed by atoms with van der Waals surface area (Å²) in [6.07, 6.45) is 6.84. The Hall–Kier alpha value is -0.0400. The maximum atomic E-state index is 3.65. The molecule has 0 aromatic heterocycles. The van der Waals surface area contributed by atoms with Crippen molar-refractivity contribution in [2.75, 3.05) is 0 Å². The molecule has 1 saturated carbocycles. The molecule has 1 nitrogen and oxygen atoms in total. The summed E-state index contributed by atoms with van der Waals surface area (Å²) in [5, 5.41) is 3.65. The Bertz CT molecular complexity index is 82.7. The molecule has 0 spiro atoms. The van der Waals surface area contributed by atoms with Crippen LogP contribution in [-0.4, -0.2) is 12.1 Å². The van der Waals surface area contributed by atoms with Crippen LogP contribution in [0, 0.1) is 0 Å². The summed E-state index contributed by atoms with van der Waals surface area (Å²) in [7, 11) is 0. The number of rotatable bonds is 4. The standard InChI is InChI=1S/C9H19N/c1-3-8(4-2)10-9-6-5-7-9/h8-10H,3-7H2,1-2H3. The number of hydrogen-bond donors (Lipinski definition) is 1. The zero-order valence-corrected chi connectivity index (χ0v) is 7.19. The smallest absolute Gasteiger partial charge is 0.00696 e. The van der Waals surface area contributed by atoms with Crippen molar-refractivity contribution in [3.05, 3.63) is 0 Å². The molecule has 0 heterocycles. The van der Waals surface area contributed by atoms with E-state index in [-0.39, 0.29) is 0 Å². The van der Waals surface area contributed by atoms with E-state index in [1.165, 1.54) is 32.1 Å². The van der Waals surface area contributed by atoms with E-state index in [1.807, 2.05) is 0 Å². The van der Waals surface area contributed by atoms with E-state index in [9.17, 15) is 0 Å². The first-order valence-corrected chi connectivity index (χ1v) is 4.62. The second kappa shape index (κ2) is 3.97. The van der Waals surface area contributed by atoms with Gasteiger partial charge in [0, 0.05) is 12.1 Å². The molecule has 1 fully saturated rings. The molecule has 60 valence electrons. The number of hydrogen-bond acceptors (Lipinski definition) is 1. The highest BCUT2D eigenvalue weighted by Gasteiger charge is 2.18. The maximum Gasteiger partial charge on any atom is 0.00696 e. The normalized spacial score (nSPS) is 19.5. The molecule has 0 aromatic rings. The molecule has 0 atom stereocenters. The third-order valence-electron chi connectivity index (χ3n) is 2.56. The van der Waals surface area contributed by atoms with Gasteiger partial charge in [-0.05, 0) is 25.7 Å². The molecule has 1 N–H and O–H groups in total. The van der Waals surface area contributed by atoms with Crippen LogP contribution < -0.4 is 5.32 Å². The Kier molecular flexibility index (Phi) is 3.20. The Balaban J connectivity index is 2.08. The van der Waals surface area contributed by atoms with Crippen LogP contribution in [0.4, 0.5) is 0 Å². The van der Waals surface area contributed by atoms with Crippen molar-refractivity contribution in [3.63, 3.8) is 0 Å². The molecule has 1 aliphatic carbocycles. The van der Waals surface area contributed by atoms with Crippen molar-refractivity contribution < 1.29 is 0 Å². The second-order valence-electron chi connectivity index (χ2n) is 3.31. The third kappa shape index (κ3) is 1.98. The summed E-state index contributed by atoms with van der Waals surface area (Å²) in [4.78, 5) is 0. The predicted molar refractivity (Wildman–Crippen MR) is 45.1 cm³/mol. The first kappa shape index (κ1) is 8.06. The Morgan fingerprint density at radius 2 is 1.90 bits per heavy atom. The minimum Gasteiger partial charge on any atom is -0.311 e. The topological polar surface area (TPSA) is 12.0 Å². The molecular weight excluding hydrogens is 122 g/mol. The summed E-state index contributed by atoms with van der Waals surface area (Å²) in [5.41, 5.74) is 0. The van der Waals surface area contributed by atoms with Gasteiger partial charge in [0.05, 0.1) is 0 Å². The molecule has 1 aliphatic rings. The Labute approximate surface area is 64.2 Å². The first-order chi connectivity index (χ1) is 4.86. The van der Waals surface area contributed by atoms with Crippen LogP contribution in [0.15, 0.2) is 0 Å². The van der Waals surface area contributed by atoms with Crippen LogP contribution in [0.1, 0.15) is 46.0 Å². The summed E-state index contributed by atoms with van der Waals surface area (Å²) in [6, 6.07) is 1.65. The zero-order valence-electron chi connectivity index (χ0n) is 7.19. The quantitative estimate of drug-likeness (QED) is 0.633. The molecule has 0 saturated heterocycles. The fourth-order valence-corrected chi connectivity index (χ4v) is 1.43. The van der Waals surface area contributed by atoms with Gasteiger partial charge >= 0.3 is 0 Å². The van der Waals surface area contributed by atoms with Gasteiger partial charge in [-0.3, -0.25) is 0 Å². The summed E-state index contributed by atoms with van der Waals surface area (Å²) in [6.45, 7) is 4.53. The molecule has 0 aliphatic heterocycles. The minimum absolute atomic E-state index is 0.783. The van der Waals surface area contributed by atoms with E-state index in [0.29, 0.717) is 0 Å². The number of nitrogens with one attached hydrogen (secondary N) is 1. The lowest BCUT2D eigenvalue weighted by atomic mass is 9.92. The van der Waals surface area contributed by atoms with Gasteiger partial charge in [-0.2, -0.15) is 0 Å². The summed E-state index contributed by atoms with van der Waals surface area (Å²) in [5.74, 6) is 0. The molecule has 1 heteroatoms. The molecule has 0 amide bonds. The van der Waals surface area contributed by atoms with Crippen molar-refractivity contribution >= 4 is 0 Å². The molecule has 1 rings (SSSR count). The van der Waals surface area contributed by atoms with Crippen molar-refractivity contribution in [1.82, 2.24) is 5.32 Å². The zero-order chi connectivity index (χ0) is 7.40. The monoisotopic (exact) mass is 141 g/mol. The van der Waals surface area contributed by atoms with E-state index in [1.54, 1.807) is 0 Å². The highest BCUT2D eigenvalue weighted by molar-refractivity contribution is 4.79. The Morgan fingerprint density at radius 3 is 2.20 bits per heavy atom. The first-order valence-electron chi connectivity index (χ1n) is 4.62. The van der Waals surface area contributed by atoms with Gasteiger partial charge in [0.1, 0.15) is 0 Å². The van der Waals surface area contributed by atoms with Gasteiger partial charge in [0.15, 0.2) is 0 Å². The molecule has 0 radical (unpaired) electrons. The fourth-order valence-electron chi connectivity index (χ4n) is 1.43. The molecular formula is C9H19N. The van der Waals surface area contributed by atoms with Gasteiger partial charge < -0.3 is 5.32 Å². The predicted octanol–water partition coefficient (Wildman–Crippen LogP) is 2.32. The second-order valence-corrected chi connectivity index (χ2v) is 3.31.